The van der Waals surface area contributed by atoms with Crippen LogP contribution in [0.5, 0.6) is 0 Å². The number of methoxy groups -OCH3 is 1. The van der Waals surface area contributed by atoms with E-state index >= 15 is 0 Å². The molecule has 0 heterocycles. The van der Waals surface area contributed by atoms with Crippen LogP contribution < -0.4 is 0 Å². The smallest absolute Gasteiger partial charge is 0.372 e. The summed E-state index contributed by atoms with van der Waals surface area (Å²) in [6.45, 7) is 0. The van der Waals surface area contributed by atoms with Crippen molar-refractivity contribution in [3.05, 3.63) is 47.0 Å². The van der Waals surface area contributed by atoms with Gasteiger partial charge in [0, 0.05) is 19.1 Å². The van der Waals surface area contributed by atoms with Gasteiger partial charge in [0.25, 0.3) is 0 Å². The topological polar surface area (TPSA) is 26.3 Å². The summed E-state index contributed by atoms with van der Waals surface area (Å²) in [4.78, 5) is 11.6. The van der Waals surface area contributed by atoms with Gasteiger partial charge >= 0.3 is 6.18 Å². The van der Waals surface area contributed by atoms with Gasteiger partial charge in [-0.15, -0.1) is 0 Å². The molecule has 0 radical (unpaired) electrons. The second-order valence-corrected chi connectivity index (χ2v) is 4.36. The van der Waals surface area contributed by atoms with E-state index in [4.69, 9.17) is 4.74 Å². The van der Waals surface area contributed by atoms with Gasteiger partial charge in [-0.05, 0) is 24.1 Å². The molecule has 1 aromatic rings. The fraction of sp³-hybridized carbons (Fsp3) is 0.357. The Morgan fingerprint density at radius 1 is 1.21 bits per heavy atom. The van der Waals surface area contributed by atoms with Gasteiger partial charge in [-0.1, -0.05) is 18.2 Å². The van der Waals surface area contributed by atoms with Crippen LogP contribution in [0.4, 0.5) is 13.2 Å². The SMILES string of the molecule is COC(C1=CCCC1=O)c1ccc(C(F)(F)F)cc1. The predicted octanol–water partition coefficient (Wildman–Crippen LogP) is 3.68. The number of carbonyl (C=O) groups excluding carboxylic acids is 1. The standard InChI is InChI=1S/C14H13F3O2/c1-19-13(11-3-2-4-12(11)18)9-5-7-10(8-6-9)14(15,16)17/h3,5-8,13H,2,4H2,1H3. The molecule has 0 fully saturated rings. The summed E-state index contributed by atoms with van der Waals surface area (Å²) < 4.78 is 42.7. The Kier molecular flexibility index (Phi) is 3.75. The lowest BCUT2D eigenvalue weighted by molar-refractivity contribution is -0.137. The molecule has 0 spiro atoms. The average Bonchev–Trinajstić information content (AvgIpc) is 2.76. The van der Waals surface area contributed by atoms with E-state index in [0.29, 0.717) is 24.0 Å². The molecule has 0 bridgehead atoms. The number of carbonyl (C=O) groups is 1. The number of alkyl halides is 3. The highest BCUT2D eigenvalue weighted by atomic mass is 19.4. The van der Waals surface area contributed by atoms with Crippen LogP contribution in [-0.4, -0.2) is 12.9 Å². The summed E-state index contributed by atoms with van der Waals surface area (Å²) in [6, 6.07) is 4.70. The van der Waals surface area contributed by atoms with Gasteiger partial charge in [-0.3, -0.25) is 4.79 Å². The normalized spacial score (nSPS) is 17.5. The molecule has 1 aliphatic carbocycles. The van der Waals surface area contributed by atoms with Gasteiger partial charge in [-0.25, -0.2) is 0 Å². The molecule has 2 nitrogen and oxygen atoms in total. The first kappa shape index (κ1) is 13.8. The van der Waals surface area contributed by atoms with E-state index in [1.807, 2.05) is 0 Å². The Morgan fingerprint density at radius 2 is 1.84 bits per heavy atom. The number of halogens is 3. The minimum absolute atomic E-state index is 0.00764. The zero-order chi connectivity index (χ0) is 14.0. The fourth-order valence-corrected chi connectivity index (χ4v) is 2.16. The fourth-order valence-electron chi connectivity index (χ4n) is 2.16. The third-order valence-electron chi connectivity index (χ3n) is 3.12. The maximum atomic E-state index is 12.5. The summed E-state index contributed by atoms with van der Waals surface area (Å²) in [5.41, 5.74) is 0.372. The van der Waals surface area contributed by atoms with E-state index in [1.54, 1.807) is 6.08 Å². The zero-order valence-corrected chi connectivity index (χ0v) is 10.3. The van der Waals surface area contributed by atoms with Gasteiger partial charge in [0.05, 0.1) is 5.56 Å². The van der Waals surface area contributed by atoms with Crippen LogP contribution >= 0.6 is 0 Å². The van der Waals surface area contributed by atoms with Crippen LogP contribution in [-0.2, 0) is 15.7 Å². The molecule has 1 aromatic carbocycles. The van der Waals surface area contributed by atoms with Crippen molar-refractivity contribution in [2.24, 2.45) is 0 Å². The van der Waals surface area contributed by atoms with Gasteiger partial charge < -0.3 is 4.74 Å². The average molecular weight is 270 g/mol. The first-order valence-corrected chi connectivity index (χ1v) is 5.86. The predicted molar refractivity (Wildman–Crippen MR) is 63.5 cm³/mol. The van der Waals surface area contributed by atoms with E-state index < -0.39 is 17.8 Å². The molecule has 0 amide bonds. The quantitative estimate of drug-likeness (QED) is 0.837. The van der Waals surface area contributed by atoms with Crippen LogP contribution in [0, 0.1) is 0 Å². The van der Waals surface area contributed by atoms with Gasteiger partial charge in [0.1, 0.15) is 6.10 Å². The minimum atomic E-state index is -4.36. The van der Waals surface area contributed by atoms with Crippen molar-refractivity contribution < 1.29 is 22.7 Å². The lowest BCUT2D eigenvalue weighted by atomic mass is 9.99. The molecular weight excluding hydrogens is 257 g/mol. The van der Waals surface area contributed by atoms with Crippen molar-refractivity contribution in [2.45, 2.75) is 25.1 Å². The first-order chi connectivity index (χ1) is 8.93. The Morgan fingerprint density at radius 3 is 2.26 bits per heavy atom. The van der Waals surface area contributed by atoms with E-state index in [-0.39, 0.29) is 5.78 Å². The zero-order valence-electron chi connectivity index (χ0n) is 10.3. The molecule has 1 unspecified atom stereocenters. The van der Waals surface area contributed by atoms with Crippen LogP contribution in [0.15, 0.2) is 35.9 Å². The summed E-state index contributed by atoms with van der Waals surface area (Å²) in [5.74, 6) is -0.00764. The molecule has 2 rings (SSSR count). The Hall–Kier alpha value is -1.62. The molecule has 0 aromatic heterocycles. The molecule has 1 atom stereocenters. The maximum absolute atomic E-state index is 12.5. The van der Waals surface area contributed by atoms with E-state index in [1.165, 1.54) is 19.2 Å². The molecule has 1 aliphatic rings. The maximum Gasteiger partial charge on any atom is 0.416 e. The molecule has 0 aliphatic heterocycles. The number of Topliss-reactive ketones (excluding diaryl/α,β-unsaturated/α-hetero) is 1. The molecule has 0 saturated carbocycles. The number of ether oxygens (including phenoxy) is 1. The third kappa shape index (κ3) is 2.87. The second-order valence-electron chi connectivity index (χ2n) is 4.36. The Labute approximate surface area is 108 Å². The van der Waals surface area contributed by atoms with Crippen LogP contribution in [0.3, 0.4) is 0 Å². The Balaban J connectivity index is 2.27. The number of ketones is 1. The highest BCUT2D eigenvalue weighted by Gasteiger charge is 2.31. The molecular formula is C14H13F3O2. The lowest BCUT2D eigenvalue weighted by Gasteiger charge is -2.17. The highest BCUT2D eigenvalue weighted by Crippen LogP contribution is 2.34. The van der Waals surface area contributed by atoms with Crippen LogP contribution in [0.2, 0.25) is 0 Å². The van der Waals surface area contributed by atoms with Gasteiger partial charge in [0.2, 0.25) is 0 Å². The summed E-state index contributed by atoms with van der Waals surface area (Å²) in [7, 11) is 1.44. The first-order valence-electron chi connectivity index (χ1n) is 5.86. The summed E-state index contributed by atoms with van der Waals surface area (Å²) in [5, 5.41) is 0. The van der Waals surface area contributed by atoms with Gasteiger partial charge in [-0.2, -0.15) is 13.2 Å². The minimum Gasteiger partial charge on any atom is -0.372 e. The molecule has 0 N–H and O–H groups in total. The van der Waals surface area contributed by atoms with Crippen LogP contribution in [0.25, 0.3) is 0 Å². The number of hydrogen-bond acceptors (Lipinski definition) is 2. The van der Waals surface area contributed by atoms with Crippen molar-refractivity contribution in [3.8, 4) is 0 Å². The van der Waals surface area contributed by atoms with Gasteiger partial charge in [0.15, 0.2) is 5.78 Å². The Bertz CT molecular complexity index is 500. The van der Waals surface area contributed by atoms with Crippen molar-refractivity contribution in [1.82, 2.24) is 0 Å². The van der Waals surface area contributed by atoms with E-state index in [2.05, 4.69) is 0 Å². The van der Waals surface area contributed by atoms with E-state index in [0.717, 1.165) is 12.1 Å². The highest BCUT2D eigenvalue weighted by molar-refractivity contribution is 5.98. The van der Waals surface area contributed by atoms with Crippen molar-refractivity contribution in [1.29, 1.82) is 0 Å². The second kappa shape index (κ2) is 5.17. The van der Waals surface area contributed by atoms with E-state index in [9.17, 15) is 18.0 Å². The van der Waals surface area contributed by atoms with Crippen molar-refractivity contribution in [2.75, 3.05) is 7.11 Å². The molecule has 102 valence electrons. The summed E-state index contributed by atoms with van der Waals surface area (Å²) in [6.07, 6.45) is -2.06. The number of rotatable bonds is 3. The molecule has 19 heavy (non-hydrogen) atoms. The van der Waals surface area contributed by atoms with Crippen molar-refractivity contribution in [3.63, 3.8) is 0 Å². The summed E-state index contributed by atoms with van der Waals surface area (Å²) >= 11 is 0. The van der Waals surface area contributed by atoms with Crippen molar-refractivity contribution >= 4 is 5.78 Å². The number of hydrogen-bond donors (Lipinski definition) is 0. The number of allylic oxidation sites excluding steroid dienone is 1. The van der Waals surface area contributed by atoms with Crippen LogP contribution in [0.1, 0.15) is 30.1 Å². The third-order valence-corrected chi connectivity index (χ3v) is 3.12. The molecule has 5 heteroatoms. The largest absolute Gasteiger partial charge is 0.416 e. The monoisotopic (exact) mass is 270 g/mol. The lowest BCUT2D eigenvalue weighted by Crippen LogP contribution is -2.11. The number of benzene rings is 1. The molecule has 0 saturated heterocycles.